The Balaban J connectivity index is 1.69. The lowest BCUT2D eigenvalue weighted by Crippen LogP contribution is -2.29. The molecule has 5 nitrogen and oxygen atoms in total. The SMILES string of the molecule is O=C(Cn1cc(C(F)(F)F)cc(Cl)c1=O)Nc1ccc(N2CCCCC2)cc1. The molecular weight excluding hydrogens is 395 g/mol. The second-order valence-corrected chi connectivity index (χ2v) is 7.06. The third-order valence-electron chi connectivity index (χ3n) is 4.56. The number of nitrogens with one attached hydrogen (secondary N) is 1. The summed E-state index contributed by atoms with van der Waals surface area (Å²) in [4.78, 5) is 26.4. The maximum Gasteiger partial charge on any atom is 0.417 e. The maximum absolute atomic E-state index is 12.9. The van der Waals surface area contributed by atoms with Crippen molar-refractivity contribution in [3.63, 3.8) is 0 Å². The van der Waals surface area contributed by atoms with E-state index in [1.54, 1.807) is 12.1 Å². The first-order valence-electron chi connectivity index (χ1n) is 8.86. The molecular formula is C19H19ClF3N3O2. The van der Waals surface area contributed by atoms with Crippen LogP contribution in [0.25, 0.3) is 0 Å². The molecule has 9 heteroatoms. The van der Waals surface area contributed by atoms with Crippen molar-refractivity contribution in [2.75, 3.05) is 23.3 Å². The normalized spacial score (nSPS) is 14.8. The van der Waals surface area contributed by atoms with E-state index in [2.05, 4.69) is 10.2 Å². The van der Waals surface area contributed by atoms with E-state index >= 15 is 0 Å². The van der Waals surface area contributed by atoms with E-state index in [1.807, 2.05) is 12.1 Å². The number of aromatic nitrogens is 1. The number of hydrogen-bond acceptors (Lipinski definition) is 3. The number of halogens is 4. The van der Waals surface area contributed by atoms with E-state index in [0.717, 1.165) is 31.6 Å². The highest BCUT2D eigenvalue weighted by Crippen LogP contribution is 2.29. The summed E-state index contributed by atoms with van der Waals surface area (Å²) in [6, 6.07) is 7.77. The summed E-state index contributed by atoms with van der Waals surface area (Å²) in [5.41, 5.74) is -0.392. The number of piperidine rings is 1. The van der Waals surface area contributed by atoms with Gasteiger partial charge in [-0.25, -0.2) is 0 Å². The Bertz CT molecular complexity index is 904. The van der Waals surface area contributed by atoms with Crippen LogP contribution in [0.4, 0.5) is 24.5 Å². The van der Waals surface area contributed by atoms with Gasteiger partial charge in [0.05, 0.1) is 5.56 Å². The number of nitrogens with zero attached hydrogens (tertiary/aromatic N) is 2. The number of amides is 1. The minimum absolute atomic E-state index is 0.497. The molecule has 1 aliphatic rings. The number of carbonyl (C=O) groups excluding carboxylic acids is 1. The van der Waals surface area contributed by atoms with Crippen molar-refractivity contribution in [3.8, 4) is 0 Å². The second-order valence-electron chi connectivity index (χ2n) is 6.65. The van der Waals surface area contributed by atoms with Crippen LogP contribution in [0.15, 0.2) is 41.3 Å². The van der Waals surface area contributed by atoms with Crippen LogP contribution in [0.3, 0.4) is 0 Å². The van der Waals surface area contributed by atoms with Gasteiger partial charge in [0.1, 0.15) is 11.6 Å². The van der Waals surface area contributed by atoms with E-state index < -0.39 is 34.8 Å². The highest BCUT2D eigenvalue weighted by molar-refractivity contribution is 6.30. The number of alkyl halides is 3. The van der Waals surface area contributed by atoms with Crippen molar-refractivity contribution in [1.29, 1.82) is 0 Å². The average molecular weight is 414 g/mol. The molecule has 1 amide bonds. The van der Waals surface area contributed by atoms with Gasteiger partial charge in [0.25, 0.3) is 5.56 Å². The number of rotatable bonds is 4. The zero-order chi connectivity index (χ0) is 20.3. The van der Waals surface area contributed by atoms with Crippen LogP contribution in [-0.2, 0) is 17.5 Å². The van der Waals surface area contributed by atoms with Gasteiger partial charge >= 0.3 is 6.18 Å². The maximum atomic E-state index is 12.9. The summed E-state index contributed by atoms with van der Waals surface area (Å²) in [6.45, 7) is 1.41. The molecule has 1 aromatic carbocycles. The van der Waals surface area contributed by atoms with Crippen molar-refractivity contribution in [1.82, 2.24) is 4.57 Å². The van der Waals surface area contributed by atoms with Gasteiger partial charge in [-0.3, -0.25) is 9.59 Å². The van der Waals surface area contributed by atoms with Gasteiger partial charge in [-0.1, -0.05) is 11.6 Å². The fraction of sp³-hybridized carbons (Fsp3) is 0.368. The number of anilines is 2. The Morgan fingerprint density at radius 1 is 1.11 bits per heavy atom. The molecule has 2 heterocycles. The molecule has 2 aromatic rings. The Morgan fingerprint density at radius 3 is 2.36 bits per heavy atom. The van der Waals surface area contributed by atoms with E-state index in [1.165, 1.54) is 6.42 Å². The zero-order valence-corrected chi connectivity index (χ0v) is 15.7. The molecule has 0 spiro atoms. The lowest BCUT2D eigenvalue weighted by Gasteiger charge is -2.28. The molecule has 0 unspecified atom stereocenters. The van der Waals surface area contributed by atoms with Gasteiger partial charge in [-0.2, -0.15) is 13.2 Å². The summed E-state index contributed by atoms with van der Waals surface area (Å²) in [7, 11) is 0. The molecule has 0 aliphatic carbocycles. The van der Waals surface area contributed by atoms with Crippen molar-refractivity contribution >= 4 is 28.9 Å². The van der Waals surface area contributed by atoms with E-state index in [0.29, 0.717) is 22.5 Å². The third kappa shape index (κ3) is 4.86. The quantitative estimate of drug-likeness (QED) is 0.819. The number of hydrogen-bond donors (Lipinski definition) is 1. The molecule has 3 rings (SSSR count). The van der Waals surface area contributed by atoms with Gasteiger partial charge in [0.15, 0.2) is 0 Å². The minimum Gasteiger partial charge on any atom is -0.372 e. The Morgan fingerprint density at radius 2 is 1.75 bits per heavy atom. The van der Waals surface area contributed by atoms with Crippen molar-refractivity contribution < 1.29 is 18.0 Å². The summed E-state index contributed by atoms with van der Waals surface area (Å²) >= 11 is 5.59. The second kappa shape index (κ2) is 8.26. The summed E-state index contributed by atoms with van der Waals surface area (Å²) in [5, 5.41) is 1.99. The molecule has 150 valence electrons. The average Bonchev–Trinajstić information content (AvgIpc) is 2.65. The smallest absolute Gasteiger partial charge is 0.372 e. The minimum atomic E-state index is -4.67. The first kappa shape index (κ1) is 20.3. The van der Waals surface area contributed by atoms with Crippen LogP contribution in [0.5, 0.6) is 0 Å². The van der Waals surface area contributed by atoms with E-state index in [-0.39, 0.29) is 0 Å². The highest BCUT2D eigenvalue weighted by atomic mass is 35.5. The Hall–Kier alpha value is -2.48. The van der Waals surface area contributed by atoms with Crippen molar-refractivity contribution in [2.24, 2.45) is 0 Å². The van der Waals surface area contributed by atoms with Gasteiger partial charge in [-0.05, 0) is 49.6 Å². The fourth-order valence-corrected chi connectivity index (χ4v) is 3.36. The first-order valence-corrected chi connectivity index (χ1v) is 9.24. The molecule has 0 bridgehead atoms. The van der Waals surface area contributed by atoms with Crippen molar-refractivity contribution in [2.45, 2.75) is 32.0 Å². The molecule has 1 aromatic heterocycles. The molecule has 0 saturated carbocycles. The van der Waals surface area contributed by atoms with Gasteiger partial charge in [-0.15, -0.1) is 0 Å². The van der Waals surface area contributed by atoms with Gasteiger partial charge in [0.2, 0.25) is 5.91 Å². The summed E-state index contributed by atoms with van der Waals surface area (Å²) in [6.07, 6.45) is -0.559. The lowest BCUT2D eigenvalue weighted by atomic mass is 10.1. The number of benzene rings is 1. The van der Waals surface area contributed by atoms with Crippen LogP contribution >= 0.6 is 11.6 Å². The molecule has 1 saturated heterocycles. The topological polar surface area (TPSA) is 54.3 Å². The summed E-state index contributed by atoms with van der Waals surface area (Å²) in [5.74, 6) is -0.622. The first-order chi connectivity index (χ1) is 13.2. The van der Waals surface area contributed by atoms with Gasteiger partial charge < -0.3 is 14.8 Å². The van der Waals surface area contributed by atoms with E-state index in [9.17, 15) is 22.8 Å². The summed E-state index contributed by atoms with van der Waals surface area (Å²) < 4.78 is 39.3. The number of pyridine rings is 1. The van der Waals surface area contributed by atoms with Crippen LogP contribution < -0.4 is 15.8 Å². The Labute approximate surface area is 164 Å². The molecule has 1 fully saturated rings. The predicted octanol–water partition coefficient (Wildman–Crippen LogP) is 4.15. The zero-order valence-electron chi connectivity index (χ0n) is 14.9. The molecule has 28 heavy (non-hydrogen) atoms. The number of carbonyl (C=O) groups is 1. The predicted molar refractivity (Wildman–Crippen MR) is 102 cm³/mol. The standard InChI is InChI=1S/C19H19ClF3N3O2/c20-16-10-13(19(21,22)23)11-26(18(16)28)12-17(27)24-14-4-6-15(7-5-14)25-8-2-1-3-9-25/h4-7,10-11H,1-3,8-9,12H2,(H,24,27). The molecule has 0 radical (unpaired) electrons. The van der Waals surface area contributed by atoms with Gasteiger partial charge in [0, 0.05) is 30.7 Å². The van der Waals surface area contributed by atoms with Crippen LogP contribution in [0.2, 0.25) is 5.02 Å². The largest absolute Gasteiger partial charge is 0.417 e. The Kier molecular flexibility index (Phi) is 5.98. The molecule has 1 aliphatic heterocycles. The third-order valence-corrected chi connectivity index (χ3v) is 4.83. The monoisotopic (exact) mass is 413 g/mol. The molecule has 0 atom stereocenters. The van der Waals surface area contributed by atoms with Crippen LogP contribution in [0, 0.1) is 0 Å². The van der Waals surface area contributed by atoms with Crippen LogP contribution in [-0.4, -0.2) is 23.6 Å². The fourth-order valence-electron chi connectivity index (χ4n) is 3.13. The molecule has 1 N–H and O–H groups in total. The lowest BCUT2D eigenvalue weighted by molar-refractivity contribution is -0.138. The highest BCUT2D eigenvalue weighted by Gasteiger charge is 2.32. The van der Waals surface area contributed by atoms with Crippen molar-refractivity contribution in [3.05, 3.63) is 57.5 Å². The van der Waals surface area contributed by atoms with Crippen LogP contribution in [0.1, 0.15) is 24.8 Å². The van der Waals surface area contributed by atoms with E-state index in [4.69, 9.17) is 11.6 Å².